The van der Waals surface area contributed by atoms with Crippen LogP contribution in [0.4, 0.5) is 5.95 Å². The van der Waals surface area contributed by atoms with Gasteiger partial charge in [-0.15, -0.1) is 10.2 Å². The Labute approximate surface area is 173 Å². The number of benzene rings is 1. The van der Waals surface area contributed by atoms with Crippen molar-refractivity contribution >= 4 is 23.6 Å². The third kappa shape index (κ3) is 5.18. The van der Waals surface area contributed by atoms with Crippen LogP contribution in [0, 0.1) is 0 Å². The largest absolute Gasteiger partial charge is 0.467 e. The van der Waals surface area contributed by atoms with Crippen LogP contribution in [-0.4, -0.2) is 39.5 Å². The summed E-state index contributed by atoms with van der Waals surface area (Å²) in [7, 11) is 0. The highest BCUT2D eigenvalue weighted by atomic mass is 32.2. The summed E-state index contributed by atoms with van der Waals surface area (Å²) in [4.78, 5) is 19.7. The monoisotopic (exact) mass is 413 g/mol. The molecule has 0 atom stereocenters. The third-order valence-electron chi connectivity index (χ3n) is 4.58. The lowest BCUT2D eigenvalue weighted by Gasteiger charge is -2.17. The van der Waals surface area contributed by atoms with Gasteiger partial charge in [0.1, 0.15) is 5.76 Å². The van der Waals surface area contributed by atoms with Gasteiger partial charge in [-0.2, -0.15) is 0 Å². The van der Waals surface area contributed by atoms with Crippen LogP contribution in [0.5, 0.6) is 0 Å². The molecule has 9 heteroatoms. The molecule has 8 nitrogen and oxygen atoms in total. The summed E-state index contributed by atoms with van der Waals surface area (Å²) in [6.45, 7) is 2.79. The van der Waals surface area contributed by atoms with Crippen LogP contribution in [0.1, 0.15) is 24.2 Å². The van der Waals surface area contributed by atoms with Gasteiger partial charge in [0.05, 0.1) is 25.2 Å². The van der Waals surface area contributed by atoms with Crippen molar-refractivity contribution in [2.75, 3.05) is 23.7 Å². The molecule has 1 amide bonds. The first kappa shape index (κ1) is 19.5. The van der Waals surface area contributed by atoms with Gasteiger partial charge in [-0.3, -0.25) is 14.2 Å². The number of furan rings is 1. The second-order valence-corrected chi connectivity index (χ2v) is 7.67. The molecular formula is C20H23N5O3S. The van der Waals surface area contributed by atoms with Gasteiger partial charge in [0, 0.05) is 13.1 Å². The third-order valence-corrected chi connectivity index (χ3v) is 5.55. The van der Waals surface area contributed by atoms with Crippen molar-refractivity contribution in [2.24, 2.45) is 0 Å². The zero-order chi connectivity index (χ0) is 19.9. The maximum absolute atomic E-state index is 12.2. The Morgan fingerprint density at radius 3 is 2.72 bits per heavy atom. The van der Waals surface area contributed by atoms with Crippen LogP contribution in [0.3, 0.4) is 0 Å². The number of rotatable bonds is 9. The number of thioether (sulfide) groups is 1. The quantitative estimate of drug-likeness (QED) is 0.426. The molecule has 0 aliphatic carbocycles. The van der Waals surface area contributed by atoms with Gasteiger partial charge >= 0.3 is 0 Å². The molecule has 1 aromatic carbocycles. The predicted octanol–water partition coefficient (Wildman–Crippen LogP) is 2.86. The topological polar surface area (TPSA) is 85.4 Å². The summed E-state index contributed by atoms with van der Waals surface area (Å²) in [6, 6.07) is 13.5. The Balaban J connectivity index is 1.35. The van der Waals surface area contributed by atoms with Crippen LogP contribution >= 0.6 is 11.8 Å². The summed E-state index contributed by atoms with van der Waals surface area (Å²) in [5.74, 6) is 1.61. The molecule has 152 valence electrons. The molecule has 3 heterocycles. The molecule has 29 heavy (non-hydrogen) atoms. The van der Waals surface area contributed by atoms with Crippen LogP contribution in [-0.2, 0) is 22.8 Å². The van der Waals surface area contributed by atoms with E-state index >= 15 is 0 Å². The Morgan fingerprint density at radius 1 is 1.14 bits per heavy atom. The maximum atomic E-state index is 12.2. The van der Waals surface area contributed by atoms with Crippen LogP contribution in [0.15, 0.2) is 58.3 Å². The maximum Gasteiger partial charge on any atom is 0.254 e. The van der Waals surface area contributed by atoms with E-state index < -0.39 is 0 Å². The smallest absolute Gasteiger partial charge is 0.254 e. The Kier molecular flexibility index (Phi) is 6.48. The first-order valence-corrected chi connectivity index (χ1v) is 10.6. The molecule has 3 aromatic rings. The second-order valence-electron chi connectivity index (χ2n) is 6.73. The lowest BCUT2D eigenvalue weighted by atomic mass is 10.2. The molecule has 1 aliphatic heterocycles. The SMILES string of the molecule is O=C(CSc1nnc(N2CCCC2)n1Cc1ccco1)NOCc1ccccc1. The molecule has 0 bridgehead atoms. The second kappa shape index (κ2) is 9.62. The van der Waals surface area contributed by atoms with Gasteiger partial charge < -0.3 is 9.32 Å². The van der Waals surface area contributed by atoms with Crippen LogP contribution < -0.4 is 10.4 Å². The van der Waals surface area contributed by atoms with E-state index in [0.717, 1.165) is 43.2 Å². The minimum atomic E-state index is -0.221. The van der Waals surface area contributed by atoms with Crippen LogP contribution in [0.25, 0.3) is 0 Å². The highest BCUT2D eigenvalue weighted by Gasteiger charge is 2.22. The average Bonchev–Trinajstić information content (AvgIpc) is 3.50. The fraction of sp³-hybridized carbons (Fsp3) is 0.350. The average molecular weight is 414 g/mol. The van der Waals surface area contributed by atoms with Crippen molar-refractivity contribution in [1.29, 1.82) is 0 Å². The summed E-state index contributed by atoms with van der Waals surface area (Å²) < 4.78 is 7.50. The van der Waals surface area contributed by atoms with E-state index in [1.807, 2.05) is 47.0 Å². The number of anilines is 1. The first-order chi connectivity index (χ1) is 14.3. The molecule has 0 unspecified atom stereocenters. The first-order valence-electron chi connectivity index (χ1n) is 9.57. The van der Waals surface area contributed by atoms with Gasteiger partial charge in [0.2, 0.25) is 5.95 Å². The number of carbonyl (C=O) groups excluding carboxylic acids is 1. The number of hydroxylamine groups is 1. The van der Waals surface area contributed by atoms with Gasteiger partial charge in [-0.05, 0) is 30.5 Å². The zero-order valence-electron chi connectivity index (χ0n) is 16.0. The van der Waals surface area contributed by atoms with Gasteiger partial charge in [0.15, 0.2) is 5.16 Å². The van der Waals surface area contributed by atoms with Gasteiger partial charge in [-0.1, -0.05) is 42.1 Å². The standard InChI is InChI=1S/C20H23N5O3S/c26-18(23-28-14-16-7-2-1-3-8-16)15-29-20-22-21-19(24-10-4-5-11-24)25(20)13-17-9-6-12-27-17/h1-3,6-9,12H,4-5,10-11,13-15H2,(H,23,26). The lowest BCUT2D eigenvalue weighted by molar-refractivity contribution is -0.131. The molecule has 1 N–H and O–H groups in total. The normalized spacial score (nSPS) is 13.7. The van der Waals surface area contributed by atoms with Crippen molar-refractivity contribution in [2.45, 2.75) is 31.1 Å². The number of hydrogen-bond donors (Lipinski definition) is 1. The van der Waals surface area contributed by atoms with Crippen molar-refractivity contribution in [3.05, 3.63) is 60.1 Å². The minimum absolute atomic E-state index is 0.186. The summed E-state index contributed by atoms with van der Waals surface area (Å²) in [5, 5.41) is 9.37. The molecule has 0 radical (unpaired) electrons. The molecule has 2 aromatic heterocycles. The van der Waals surface area contributed by atoms with Crippen LogP contribution in [0.2, 0.25) is 0 Å². The highest BCUT2D eigenvalue weighted by Crippen LogP contribution is 2.25. The molecular weight excluding hydrogens is 390 g/mol. The summed E-state index contributed by atoms with van der Waals surface area (Å²) in [5.41, 5.74) is 3.48. The zero-order valence-corrected chi connectivity index (χ0v) is 16.8. The van der Waals surface area contributed by atoms with Crippen molar-refractivity contribution < 1.29 is 14.0 Å². The minimum Gasteiger partial charge on any atom is -0.467 e. The van der Waals surface area contributed by atoms with E-state index in [0.29, 0.717) is 18.3 Å². The summed E-state index contributed by atoms with van der Waals surface area (Å²) in [6.07, 6.45) is 3.95. The number of hydrogen-bond acceptors (Lipinski definition) is 7. The van der Waals surface area contributed by atoms with E-state index in [1.165, 1.54) is 11.8 Å². The van der Waals surface area contributed by atoms with E-state index in [1.54, 1.807) is 6.26 Å². The van der Waals surface area contributed by atoms with Gasteiger partial charge in [-0.25, -0.2) is 5.48 Å². The van der Waals surface area contributed by atoms with E-state index in [-0.39, 0.29) is 11.7 Å². The number of amides is 1. The molecule has 1 aliphatic rings. The molecule has 1 fully saturated rings. The van der Waals surface area contributed by atoms with Crippen molar-refractivity contribution in [3.8, 4) is 0 Å². The Hall–Kier alpha value is -2.78. The fourth-order valence-electron chi connectivity index (χ4n) is 3.17. The lowest BCUT2D eigenvalue weighted by Crippen LogP contribution is -2.25. The van der Waals surface area contributed by atoms with Crippen molar-refractivity contribution in [3.63, 3.8) is 0 Å². The highest BCUT2D eigenvalue weighted by molar-refractivity contribution is 7.99. The fourth-order valence-corrected chi connectivity index (χ4v) is 3.89. The van der Waals surface area contributed by atoms with E-state index in [4.69, 9.17) is 9.25 Å². The van der Waals surface area contributed by atoms with E-state index in [2.05, 4.69) is 20.6 Å². The van der Waals surface area contributed by atoms with Crippen molar-refractivity contribution in [1.82, 2.24) is 20.2 Å². The number of carbonyl (C=O) groups is 1. The Bertz CT molecular complexity index is 908. The van der Waals surface area contributed by atoms with Gasteiger partial charge in [0.25, 0.3) is 5.91 Å². The molecule has 0 spiro atoms. The molecule has 0 saturated carbocycles. The Morgan fingerprint density at radius 2 is 1.97 bits per heavy atom. The van der Waals surface area contributed by atoms with E-state index in [9.17, 15) is 4.79 Å². The number of nitrogens with one attached hydrogen (secondary N) is 1. The molecule has 1 saturated heterocycles. The predicted molar refractivity (Wildman–Crippen MR) is 109 cm³/mol. The number of nitrogens with zero attached hydrogens (tertiary/aromatic N) is 4. The molecule has 4 rings (SSSR count). The summed E-state index contributed by atoms with van der Waals surface area (Å²) >= 11 is 1.33. The number of aromatic nitrogens is 3.